The standard InChI is InChI=1S/C66H114O6/c1-4-7-10-13-16-19-22-25-28-30-31-32-33-34-35-36-39-41-44-47-50-53-56-59-65(68)71-62-63(61-70-64(67)58-55-52-49-46-43-40-37-27-24-21-18-15-12-9-6-3)72-66(69)60-57-54-51-48-45-42-38-29-26-23-20-17-14-11-8-5-2/h9,12,18,21-22,25,27,30-31,33-34,37,43,46,63H,4-8,10-11,13-17,19-20,23-24,26,28-29,32,35-36,38-42,44-45,47-62H2,1-3H3/b12-9-,21-18-,25-22-,31-30-,34-33-,37-27-,46-43-. The van der Waals surface area contributed by atoms with Gasteiger partial charge in [-0.25, -0.2) is 0 Å². The number of hydrogen-bond acceptors (Lipinski definition) is 6. The Balaban J connectivity index is 4.39. The fraction of sp³-hybridized carbons (Fsp3) is 0.742. The summed E-state index contributed by atoms with van der Waals surface area (Å²) in [6.45, 7) is 6.50. The van der Waals surface area contributed by atoms with E-state index >= 15 is 0 Å². The number of unbranched alkanes of at least 4 members (excludes halogenated alkanes) is 30. The quantitative estimate of drug-likeness (QED) is 0.0261. The van der Waals surface area contributed by atoms with Crippen LogP contribution < -0.4 is 0 Å². The molecule has 0 spiro atoms. The topological polar surface area (TPSA) is 78.9 Å². The molecule has 0 aromatic rings. The number of esters is 3. The number of rotatable bonds is 55. The molecule has 1 unspecified atom stereocenters. The van der Waals surface area contributed by atoms with Crippen molar-refractivity contribution >= 4 is 17.9 Å². The molecule has 6 nitrogen and oxygen atoms in total. The van der Waals surface area contributed by atoms with Crippen LogP contribution in [0.5, 0.6) is 0 Å². The summed E-state index contributed by atoms with van der Waals surface area (Å²) < 4.78 is 16.9. The highest BCUT2D eigenvalue weighted by Crippen LogP contribution is 2.16. The summed E-state index contributed by atoms with van der Waals surface area (Å²) in [6, 6.07) is 0. The van der Waals surface area contributed by atoms with Gasteiger partial charge in [0.25, 0.3) is 0 Å². The Morgan fingerprint density at radius 3 is 0.875 bits per heavy atom. The third-order valence-corrected chi connectivity index (χ3v) is 13.1. The van der Waals surface area contributed by atoms with Gasteiger partial charge in [-0.2, -0.15) is 0 Å². The van der Waals surface area contributed by atoms with E-state index in [0.717, 1.165) is 103 Å². The first-order valence-electron chi connectivity index (χ1n) is 30.6. The van der Waals surface area contributed by atoms with E-state index in [0.29, 0.717) is 19.3 Å². The van der Waals surface area contributed by atoms with Crippen molar-refractivity contribution in [1.82, 2.24) is 0 Å². The molecule has 0 bridgehead atoms. The van der Waals surface area contributed by atoms with Gasteiger partial charge in [-0.3, -0.25) is 14.4 Å². The summed E-state index contributed by atoms with van der Waals surface area (Å²) in [4.78, 5) is 38.2. The Labute approximate surface area is 445 Å². The lowest BCUT2D eigenvalue weighted by Gasteiger charge is -2.18. The maximum absolute atomic E-state index is 12.9. The molecule has 0 fully saturated rings. The first kappa shape index (κ1) is 68.6. The molecule has 0 amide bonds. The molecule has 0 radical (unpaired) electrons. The summed E-state index contributed by atoms with van der Waals surface area (Å²) in [5.41, 5.74) is 0. The highest BCUT2D eigenvalue weighted by Gasteiger charge is 2.19. The summed E-state index contributed by atoms with van der Waals surface area (Å²) in [6.07, 6.45) is 78.7. The lowest BCUT2D eigenvalue weighted by atomic mass is 10.0. The van der Waals surface area contributed by atoms with Gasteiger partial charge in [0, 0.05) is 19.3 Å². The van der Waals surface area contributed by atoms with E-state index in [9.17, 15) is 14.4 Å². The molecule has 414 valence electrons. The first-order chi connectivity index (χ1) is 35.5. The van der Waals surface area contributed by atoms with Crippen molar-refractivity contribution in [2.75, 3.05) is 13.2 Å². The van der Waals surface area contributed by atoms with Gasteiger partial charge in [0.15, 0.2) is 6.10 Å². The van der Waals surface area contributed by atoms with Gasteiger partial charge in [0.1, 0.15) is 13.2 Å². The van der Waals surface area contributed by atoms with Crippen molar-refractivity contribution in [2.24, 2.45) is 0 Å². The molecular formula is C66H114O6. The van der Waals surface area contributed by atoms with Crippen LogP contribution >= 0.6 is 0 Å². The lowest BCUT2D eigenvalue weighted by molar-refractivity contribution is -0.167. The zero-order chi connectivity index (χ0) is 52.2. The minimum absolute atomic E-state index is 0.0918. The number of allylic oxidation sites excluding steroid dienone is 14. The van der Waals surface area contributed by atoms with E-state index in [1.807, 2.05) is 0 Å². The molecule has 0 heterocycles. The highest BCUT2D eigenvalue weighted by molar-refractivity contribution is 5.71. The number of carbonyl (C=O) groups is 3. The third-order valence-electron chi connectivity index (χ3n) is 13.1. The smallest absolute Gasteiger partial charge is 0.306 e. The lowest BCUT2D eigenvalue weighted by Crippen LogP contribution is -2.30. The fourth-order valence-corrected chi connectivity index (χ4v) is 8.56. The van der Waals surface area contributed by atoms with Crippen LogP contribution in [0.3, 0.4) is 0 Å². The Kier molecular flexibility index (Phi) is 57.3. The van der Waals surface area contributed by atoms with Crippen molar-refractivity contribution < 1.29 is 28.6 Å². The fourth-order valence-electron chi connectivity index (χ4n) is 8.56. The van der Waals surface area contributed by atoms with Crippen LogP contribution in [-0.4, -0.2) is 37.2 Å². The molecule has 0 saturated heterocycles. The zero-order valence-electron chi connectivity index (χ0n) is 47.4. The SMILES string of the molecule is CC/C=C\C/C=C\C/C=C\C/C=C\CCCCC(=O)OCC(COC(=O)CCCCCCCCCC/C=C\C/C=C\C/C=C\CCCCCCC)OC(=O)CCCCCCCCCCCCCCCCCC. The van der Waals surface area contributed by atoms with Crippen molar-refractivity contribution in [3.63, 3.8) is 0 Å². The van der Waals surface area contributed by atoms with Gasteiger partial charge in [-0.1, -0.05) is 266 Å². The Hall–Kier alpha value is -3.41. The van der Waals surface area contributed by atoms with Crippen LogP contribution in [0, 0.1) is 0 Å². The Morgan fingerprint density at radius 2 is 0.542 bits per heavy atom. The van der Waals surface area contributed by atoms with Crippen molar-refractivity contribution in [3.05, 3.63) is 85.1 Å². The molecule has 0 N–H and O–H groups in total. The van der Waals surface area contributed by atoms with Crippen LogP contribution in [0.15, 0.2) is 85.1 Å². The average Bonchev–Trinajstić information content (AvgIpc) is 3.38. The molecule has 72 heavy (non-hydrogen) atoms. The Bertz CT molecular complexity index is 1380. The van der Waals surface area contributed by atoms with Crippen LogP contribution in [0.25, 0.3) is 0 Å². The monoisotopic (exact) mass is 1000 g/mol. The van der Waals surface area contributed by atoms with E-state index in [1.54, 1.807) is 0 Å². The minimum Gasteiger partial charge on any atom is -0.462 e. The summed E-state index contributed by atoms with van der Waals surface area (Å²) in [5, 5.41) is 0. The molecule has 0 saturated carbocycles. The second-order valence-electron chi connectivity index (χ2n) is 20.2. The normalized spacial score (nSPS) is 12.7. The van der Waals surface area contributed by atoms with Gasteiger partial charge in [0.05, 0.1) is 0 Å². The molecule has 0 aliphatic heterocycles. The predicted octanol–water partition coefficient (Wildman–Crippen LogP) is 20.7. The zero-order valence-corrected chi connectivity index (χ0v) is 47.4. The maximum atomic E-state index is 12.9. The predicted molar refractivity (Wildman–Crippen MR) is 311 cm³/mol. The highest BCUT2D eigenvalue weighted by atomic mass is 16.6. The summed E-state index contributed by atoms with van der Waals surface area (Å²) in [5.74, 6) is -0.930. The first-order valence-corrected chi connectivity index (χ1v) is 30.6. The van der Waals surface area contributed by atoms with Crippen molar-refractivity contribution in [3.8, 4) is 0 Å². The van der Waals surface area contributed by atoms with E-state index in [1.165, 1.54) is 154 Å². The van der Waals surface area contributed by atoms with Crippen LogP contribution in [0.2, 0.25) is 0 Å². The van der Waals surface area contributed by atoms with E-state index in [-0.39, 0.29) is 31.1 Å². The second kappa shape index (κ2) is 60.1. The van der Waals surface area contributed by atoms with Crippen LogP contribution in [-0.2, 0) is 28.6 Å². The number of hydrogen-bond donors (Lipinski definition) is 0. The van der Waals surface area contributed by atoms with Crippen LogP contribution in [0.1, 0.15) is 297 Å². The molecule has 1 atom stereocenters. The molecule has 0 rings (SSSR count). The third kappa shape index (κ3) is 57.5. The summed E-state index contributed by atoms with van der Waals surface area (Å²) in [7, 11) is 0. The van der Waals surface area contributed by atoms with E-state index < -0.39 is 6.10 Å². The van der Waals surface area contributed by atoms with Gasteiger partial charge in [-0.15, -0.1) is 0 Å². The second-order valence-corrected chi connectivity index (χ2v) is 20.2. The molecule has 0 aromatic heterocycles. The van der Waals surface area contributed by atoms with Crippen LogP contribution in [0.4, 0.5) is 0 Å². The maximum Gasteiger partial charge on any atom is 0.306 e. The van der Waals surface area contributed by atoms with Crippen molar-refractivity contribution in [1.29, 1.82) is 0 Å². The molecule has 0 aliphatic rings. The minimum atomic E-state index is -0.796. The number of carbonyl (C=O) groups excluding carboxylic acids is 3. The largest absolute Gasteiger partial charge is 0.462 e. The van der Waals surface area contributed by atoms with Gasteiger partial charge in [0.2, 0.25) is 0 Å². The number of ether oxygens (including phenoxy) is 3. The Morgan fingerprint density at radius 1 is 0.292 bits per heavy atom. The molecule has 0 aliphatic carbocycles. The van der Waals surface area contributed by atoms with Gasteiger partial charge in [-0.05, 0) is 96.3 Å². The van der Waals surface area contributed by atoms with Gasteiger partial charge < -0.3 is 14.2 Å². The van der Waals surface area contributed by atoms with E-state index in [4.69, 9.17) is 14.2 Å². The summed E-state index contributed by atoms with van der Waals surface area (Å²) >= 11 is 0. The average molecular weight is 1000 g/mol. The van der Waals surface area contributed by atoms with Crippen molar-refractivity contribution in [2.45, 2.75) is 303 Å². The molecular weight excluding hydrogens is 889 g/mol. The van der Waals surface area contributed by atoms with Gasteiger partial charge >= 0.3 is 17.9 Å². The molecule has 0 aromatic carbocycles. The van der Waals surface area contributed by atoms with E-state index in [2.05, 4.69) is 106 Å². The molecule has 6 heteroatoms.